The average molecular weight is 345 g/mol. The lowest BCUT2D eigenvalue weighted by molar-refractivity contribution is -0.118. The number of hydrogen-bond donors (Lipinski definition) is 1. The molecule has 0 radical (unpaired) electrons. The minimum absolute atomic E-state index is 0.0458. The molecule has 2 heterocycles. The molecular formula is C17H23N5OS. The second-order valence-electron chi connectivity index (χ2n) is 5.98. The molecule has 0 unspecified atom stereocenters. The van der Waals surface area contributed by atoms with Crippen molar-refractivity contribution >= 4 is 17.7 Å². The lowest BCUT2D eigenvalue weighted by Gasteiger charge is -2.07. The molecule has 1 aliphatic carbocycles. The molecule has 1 aliphatic rings. The zero-order valence-corrected chi connectivity index (χ0v) is 15.0. The van der Waals surface area contributed by atoms with Crippen molar-refractivity contribution in [3.63, 3.8) is 0 Å². The summed E-state index contributed by atoms with van der Waals surface area (Å²) in [4.78, 5) is 20.4. The van der Waals surface area contributed by atoms with Gasteiger partial charge < -0.3 is 5.32 Å². The molecule has 0 spiro atoms. The number of carbonyl (C=O) groups is 1. The quantitative estimate of drug-likeness (QED) is 0.474. The van der Waals surface area contributed by atoms with E-state index in [1.807, 2.05) is 10.7 Å². The van der Waals surface area contributed by atoms with Crippen LogP contribution in [-0.2, 0) is 17.6 Å². The molecule has 3 rings (SSSR count). The average Bonchev–Trinajstić information content (AvgIpc) is 3.18. The third kappa shape index (κ3) is 3.77. The highest BCUT2D eigenvalue weighted by molar-refractivity contribution is 7.99. The molecule has 6 nitrogen and oxygen atoms in total. The molecule has 24 heavy (non-hydrogen) atoms. The number of hydrogen-bond acceptors (Lipinski definition) is 5. The minimum Gasteiger partial charge on any atom is -0.355 e. The zero-order chi connectivity index (χ0) is 16.9. The summed E-state index contributed by atoms with van der Waals surface area (Å²) in [7, 11) is 0. The van der Waals surface area contributed by atoms with Gasteiger partial charge in [-0.15, -0.1) is 0 Å². The van der Waals surface area contributed by atoms with E-state index in [0.717, 1.165) is 48.8 Å². The van der Waals surface area contributed by atoms with E-state index in [1.165, 1.54) is 29.4 Å². The summed E-state index contributed by atoms with van der Waals surface area (Å²) in [5.74, 6) is 1.20. The number of nitrogens with zero attached hydrogens (tertiary/aromatic N) is 4. The largest absolute Gasteiger partial charge is 0.355 e. The molecule has 0 fully saturated rings. The summed E-state index contributed by atoms with van der Waals surface area (Å²) in [6, 6.07) is 1.91. The van der Waals surface area contributed by atoms with Crippen LogP contribution in [0.25, 0.3) is 5.82 Å². The molecule has 2 aromatic rings. The Morgan fingerprint density at radius 2 is 2.25 bits per heavy atom. The van der Waals surface area contributed by atoms with E-state index < -0.39 is 0 Å². The zero-order valence-electron chi connectivity index (χ0n) is 14.2. The normalized spacial score (nSPS) is 13.1. The highest BCUT2D eigenvalue weighted by atomic mass is 32.2. The summed E-state index contributed by atoms with van der Waals surface area (Å²) >= 11 is 1.43. The van der Waals surface area contributed by atoms with Gasteiger partial charge in [0.25, 0.3) is 0 Å². The Morgan fingerprint density at radius 1 is 1.38 bits per heavy atom. The topological polar surface area (TPSA) is 72.7 Å². The second-order valence-corrected chi connectivity index (χ2v) is 6.98. The number of carbonyl (C=O) groups excluding carboxylic acids is 1. The van der Waals surface area contributed by atoms with E-state index in [2.05, 4.69) is 34.2 Å². The number of thioether (sulfide) groups is 1. The van der Waals surface area contributed by atoms with Crippen LogP contribution in [0, 0.1) is 6.92 Å². The van der Waals surface area contributed by atoms with E-state index in [4.69, 9.17) is 0 Å². The lowest BCUT2D eigenvalue weighted by Crippen LogP contribution is -2.26. The summed E-state index contributed by atoms with van der Waals surface area (Å²) in [5.41, 5.74) is 3.71. The van der Waals surface area contributed by atoms with E-state index in [0.29, 0.717) is 5.75 Å². The van der Waals surface area contributed by atoms with Crippen LogP contribution >= 0.6 is 11.8 Å². The summed E-state index contributed by atoms with van der Waals surface area (Å²) in [6.45, 7) is 4.90. The molecule has 1 amide bonds. The van der Waals surface area contributed by atoms with Crippen LogP contribution in [0.2, 0.25) is 0 Å². The van der Waals surface area contributed by atoms with Gasteiger partial charge in [-0.2, -0.15) is 5.10 Å². The van der Waals surface area contributed by atoms with Gasteiger partial charge in [-0.05, 0) is 38.2 Å². The fourth-order valence-electron chi connectivity index (χ4n) is 2.93. The smallest absolute Gasteiger partial charge is 0.230 e. The van der Waals surface area contributed by atoms with E-state index in [9.17, 15) is 4.79 Å². The molecular weight excluding hydrogens is 322 g/mol. The van der Waals surface area contributed by atoms with Gasteiger partial charge in [-0.25, -0.2) is 14.6 Å². The Labute approximate surface area is 146 Å². The third-order valence-corrected chi connectivity index (χ3v) is 5.10. The Hall–Kier alpha value is -1.89. The van der Waals surface area contributed by atoms with Crippen molar-refractivity contribution in [1.82, 2.24) is 25.1 Å². The number of nitrogens with one attached hydrogen (secondary N) is 1. The number of amides is 1. The van der Waals surface area contributed by atoms with Crippen LogP contribution in [-0.4, -0.2) is 38.0 Å². The lowest BCUT2D eigenvalue weighted by atomic mass is 10.2. The predicted octanol–water partition coefficient (Wildman–Crippen LogP) is 2.47. The number of aromatic nitrogens is 4. The molecule has 7 heteroatoms. The molecule has 0 aromatic carbocycles. The fraction of sp³-hybridized carbons (Fsp3) is 0.529. The Bertz CT molecular complexity index is 728. The molecule has 1 N–H and O–H groups in total. The number of rotatable bonds is 7. The molecule has 0 saturated carbocycles. The highest BCUT2D eigenvalue weighted by Crippen LogP contribution is 2.27. The third-order valence-electron chi connectivity index (χ3n) is 4.18. The Morgan fingerprint density at radius 3 is 3.08 bits per heavy atom. The van der Waals surface area contributed by atoms with Gasteiger partial charge in [-0.1, -0.05) is 25.1 Å². The van der Waals surface area contributed by atoms with Gasteiger partial charge in [-0.3, -0.25) is 4.79 Å². The van der Waals surface area contributed by atoms with Crippen LogP contribution in [0.5, 0.6) is 0 Å². The second kappa shape index (κ2) is 7.79. The fourth-order valence-corrected chi connectivity index (χ4v) is 3.62. The van der Waals surface area contributed by atoms with Gasteiger partial charge >= 0.3 is 0 Å². The van der Waals surface area contributed by atoms with Gasteiger partial charge in [0.05, 0.1) is 11.4 Å². The summed E-state index contributed by atoms with van der Waals surface area (Å²) in [6.07, 6.45) is 6.96. The van der Waals surface area contributed by atoms with E-state index >= 15 is 0 Å². The van der Waals surface area contributed by atoms with Crippen molar-refractivity contribution in [3.8, 4) is 5.82 Å². The van der Waals surface area contributed by atoms with E-state index in [-0.39, 0.29) is 5.91 Å². The first-order valence-corrected chi connectivity index (χ1v) is 9.47. The minimum atomic E-state index is 0.0458. The van der Waals surface area contributed by atoms with Crippen LogP contribution < -0.4 is 5.32 Å². The summed E-state index contributed by atoms with van der Waals surface area (Å²) in [5, 5.41) is 8.34. The van der Waals surface area contributed by atoms with Crippen molar-refractivity contribution in [2.75, 3.05) is 12.3 Å². The van der Waals surface area contributed by atoms with Crippen LogP contribution in [0.15, 0.2) is 17.4 Å². The molecule has 0 bridgehead atoms. The molecule has 0 atom stereocenters. The van der Waals surface area contributed by atoms with Crippen LogP contribution in [0.3, 0.4) is 0 Å². The number of fused-ring (bicyclic) bond motifs is 1. The van der Waals surface area contributed by atoms with Crippen LogP contribution in [0.1, 0.15) is 43.1 Å². The van der Waals surface area contributed by atoms with Crippen molar-refractivity contribution in [2.24, 2.45) is 0 Å². The Balaban J connectivity index is 1.67. The van der Waals surface area contributed by atoms with Crippen molar-refractivity contribution < 1.29 is 4.79 Å². The van der Waals surface area contributed by atoms with Gasteiger partial charge in [0.1, 0.15) is 11.4 Å². The maximum absolute atomic E-state index is 11.8. The molecule has 128 valence electrons. The van der Waals surface area contributed by atoms with Crippen molar-refractivity contribution in [2.45, 2.75) is 51.0 Å². The first-order chi connectivity index (χ1) is 11.7. The van der Waals surface area contributed by atoms with Crippen LogP contribution in [0.4, 0.5) is 0 Å². The van der Waals surface area contributed by atoms with Gasteiger partial charge in [0, 0.05) is 18.3 Å². The van der Waals surface area contributed by atoms with Crippen molar-refractivity contribution in [3.05, 3.63) is 29.3 Å². The SMILES string of the molecule is CCCCNC(=O)CSc1cc(-n2nc(C)c3c2CCC3)ncn1. The molecule has 2 aromatic heterocycles. The predicted molar refractivity (Wildman–Crippen MR) is 94.6 cm³/mol. The van der Waals surface area contributed by atoms with E-state index in [1.54, 1.807) is 6.33 Å². The summed E-state index contributed by atoms with van der Waals surface area (Å²) < 4.78 is 1.94. The Kier molecular flexibility index (Phi) is 5.50. The number of aryl methyl sites for hydroxylation is 1. The first kappa shape index (κ1) is 17.0. The monoisotopic (exact) mass is 345 g/mol. The maximum Gasteiger partial charge on any atom is 0.230 e. The standard InChI is InChI=1S/C17H23N5OS/c1-3-4-8-18-16(23)10-24-17-9-15(19-11-20-17)22-14-7-5-6-13(14)12(2)21-22/h9,11H,3-8,10H2,1-2H3,(H,18,23). The maximum atomic E-state index is 11.8. The first-order valence-electron chi connectivity index (χ1n) is 8.48. The van der Waals surface area contributed by atoms with Gasteiger partial charge in [0.2, 0.25) is 5.91 Å². The van der Waals surface area contributed by atoms with Gasteiger partial charge in [0.15, 0.2) is 5.82 Å². The highest BCUT2D eigenvalue weighted by Gasteiger charge is 2.21. The molecule has 0 aliphatic heterocycles. The molecule has 0 saturated heterocycles. The number of unbranched alkanes of at least 4 members (excludes halogenated alkanes) is 1. The van der Waals surface area contributed by atoms with Crippen molar-refractivity contribution in [1.29, 1.82) is 0 Å².